The predicted molar refractivity (Wildman–Crippen MR) is 538 cm³/mol. The molecule has 8 heterocycles. The van der Waals surface area contributed by atoms with Gasteiger partial charge < -0.3 is 10.5 Å². The van der Waals surface area contributed by atoms with Gasteiger partial charge in [0.15, 0.2) is 34.9 Å². The number of pyridine rings is 4. The average molecular weight is 2010 g/mol. The molecule has 696 valence electrons. The maximum Gasteiger partial charge on any atom is 0.340 e. The van der Waals surface area contributed by atoms with Crippen molar-refractivity contribution in [1.29, 1.82) is 0 Å². The summed E-state index contributed by atoms with van der Waals surface area (Å²) in [7, 11) is -2.18. The third kappa shape index (κ3) is 43.8. The monoisotopic (exact) mass is 2000 g/mol. The van der Waals surface area contributed by atoms with Crippen LogP contribution in [0.4, 0.5) is 19.0 Å². The number of H-pyrrole nitrogens is 6. The molecule has 133 heavy (non-hydrogen) atoms. The number of ether oxygens (including phenoxy) is 1. The second-order valence-corrected chi connectivity index (χ2v) is 33.8. The van der Waals surface area contributed by atoms with Gasteiger partial charge in [0.05, 0.1) is 16.5 Å². The van der Waals surface area contributed by atoms with E-state index in [0.717, 1.165) is 111 Å². The molecule has 0 saturated carbocycles. The topological polar surface area (TPSA) is 349 Å². The van der Waals surface area contributed by atoms with Crippen molar-refractivity contribution in [3.8, 4) is 45.7 Å². The lowest BCUT2D eigenvalue weighted by Gasteiger charge is -2.05. The van der Waals surface area contributed by atoms with Gasteiger partial charge in [0.25, 0.3) is 0 Å². The highest BCUT2D eigenvalue weighted by Crippen LogP contribution is 2.24. The summed E-state index contributed by atoms with van der Waals surface area (Å²) in [4.78, 5) is 56.1. The minimum absolute atomic E-state index is 0.104. The quantitative estimate of drug-likeness (QED) is 0.0688. The number of hydrogen-bond donors (Lipinski definition) is 8. The van der Waals surface area contributed by atoms with E-state index in [2.05, 4.69) is 125 Å². The Morgan fingerprint density at radius 3 is 1.39 bits per heavy atom. The van der Waals surface area contributed by atoms with E-state index >= 15 is 0 Å². The minimum atomic E-state index is -3.65. The number of anilines is 1. The molecule has 0 fully saturated rings. The zero-order chi connectivity index (χ0) is 98.3. The molecule has 0 spiro atoms. The van der Waals surface area contributed by atoms with Gasteiger partial charge in [-0.3, -0.25) is 15.0 Å². The third-order valence-corrected chi connectivity index (χ3v) is 21.1. The number of benzene rings is 9. The molecule has 0 aliphatic carbocycles. The Labute approximate surface area is 810 Å². The van der Waals surface area contributed by atoms with E-state index in [-0.39, 0.29) is 27.8 Å². The summed E-state index contributed by atoms with van der Waals surface area (Å²) in [6.07, 6.45) is 11.7. The molecular weight excluding hydrogens is 1900 g/mol. The normalized spacial score (nSPS) is 9.94. The molecule has 10 N–H and O–H groups in total. The number of aromatic amines is 6. The van der Waals surface area contributed by atoms with Crippen LogP contribution in [-0.4, -0.2) is 90.8 Å². The molecule has 23 nitrogen and oxygen atoms in total. The van der Waals surface area contributed by atoms with Gasteiger partial charge >= 0.3 is 17.1 Å². The Bertz CT molecular complexity index is 6400. The maximum atomic E-state index is 12.2. The van der Waals surface area contributed by atoms with Crippen LogP contribution in [-0.2, 0) is 16.4 Å². The molecule has 0 unspecified atom stereocenters. The molecule has 0 atom stereocenters. The smallest absolute Gasteiger partial charge is 0.340 e. The zero-order valence-electron chi connectivity index (χ0n) is 75.6. The summed E-state index contributed by atoms with van der Waals surface area (Å²) in [6, 6.07) is 73.1. The second kappa shape index (κ2) is 58.1. The van der Waals surface area contributed by atoms with Crippen LogP contribution in [0.25, 0.3) is 40.0 Å². The summed E-state index contributed by atoms with van der Waals surface area (Å²) in [5.74, 6) is 1.91. The largest absolute Gasteiger partial charge is 0.497 e. The van der Waals surface area contributed by atoms with Crippen LogP contribution in [0.5, 0.6) is 5.75 Å². The van der Waals surface area contributed by atoms with Crippen molar-refractivity contribution in [3.05, 3.63) is 441 Å². The fourth-order valence-corrected chi connectivity index (χ4v) is 12.8. The maximum absolute atomic E-state index is 12.2. The molecule has 34 heteroatoms. The van der Waals surface area contributed by atoms with Crippen molar-refractivity contribution in [3.63, 3.8) is 0 Å². The molecule has 0 radical (unpaired) electrons. The summed E-state index contributed by atoms with van der Waals surface area (Å²) in [6.45, 7) is 27.3. The molecule has 0 aliphatic heterocycles. The van der Waals surface area contributed by atoms with E-state index in [1.165, 1.54) is 48.1 Å². The Hall–Kier alpha value is -12.9. The van der Waals surface area contributed by atoms with Gasteiger partial charge in [-0.05, 0) is 271 Å². The number of sulfonamides is 1. The number of aromatic nitrogens is 15. The van der Waals surface area contributed by atoms with Gasteiger partial charge in [0.2, 0.25) is 10.0 Å². The number of primary sulfonamides is 1. The molecule has 17 rings (SSSR count). The van der Waals surface area contributed by atoms with Crippen LogP contribution < -0.4 is 32.7 Å². The van der Waals surface area contributed by atoms with Gasteiger partial charge in [-0.2, -0.15) is 20.4 Å². The van der Waals surface area contributed by atoms with E-state index in [1.54, 1.807) is 91.8 Å². The van der Waals surface area contributed by atoms with Crippen molar-refractivity contribution >= 4 is 101 Å². The summed E-state index contributed by atoms with van der Waals surface area (Å²) < 4.78 is 66.0. The number of hydrogen-bond acceptors (Lipinski definition) is 15. The van der Waals surface area contributed by atoms with Gasteiger partial charge in [0.1, 0.15) is 27.7 Å². The summed E-state index contributed by atoms with van der Waals surface area (Å²) >= 11 is 37.2. The summed E-state index contributed by atoms with van der Waals surface area (Å²) in [5.41, 5.74) is 22.4. The number of rotatable bonds is 7. The number of methoxy groups -OCH3 is 1. The second-order valence-electron chi connectivity index (χ2n) is 29.0. The van der Waals surface area contributed by atoms with Crippen molar-refractivity contribution in [1.82, 2.24) is 75.3 Å². The Balaban J connectivity index is 0.000000256. The van der Waals surface area contributed by atoms with Crippen molar-refractivity contribution in [2.45, 2.75) is 108 Å². The van der Waals surface area contributed by atoms with Crippen LogP contribution in [0, 0.1) is 107 Å². The Morgan fingerprint density at radius 2 is 0.955 bits per heavy atom. The number of nitrogens with zero attached hydrogens (tertiary/aromatic N) is 9. The lowest BCUT2D eigenvalue weighted by Crippen LogP contribution is -2.13. The number of nitrogens with one attached hydrogen (secondary N) is 6. The van der Waals surface area contributed by atoms with Crippen molar-refractivity contribution in [2.24, 2.45) is 5.14 Å². The zero-order valence-corrected chi connectivity index (χ0v) is 82.5. The van der Waals surface area contributed by atoms with Gasteiger partial charge in [-0.1, -0.05) is 232 Å². The standard InChI is InChI=1S/3C9H9N3O.C9H9N3.C9H12.C8H11NO3S.2C7H6Cl2.C7H6F2.C7H7F.C6H5BrClN.C6H6ClN.C6H8N2/c1-6-2-4-7(5-3-6)8-10-9(13)12-11-8;1-6-3-2-4-7(5-6)8-10-9(13)12-11-8;1-6-4-2-3-5-7(6)8-10-9(13)12-11-8;1-8-3-4-9(10-7-8)12-6-2-5-11-12;1-3-9-6-4-8(2)5-7-9;1-6-3-4-7(12-2)5-8(6)13(9,10)11;1-5-2-6(8)4-7(9)3-5;1-5-4-6(8)2-3-7(5)9;1-5-2-3-6(8)7(9)4-5;1-6-2-4-7(8)5-3-6;1-4-2-5(7)6(8)9-3-4;1-5-3-2-4-8-6(5)7;1-5-2-3-6(7)8-4-5/h3*2-5H,1H3,(H2,10,11,12,13);2-7H,1H3;4-7H,3H2,1-2H3;3-5H,1-2H3,(H2,9,10,11);3*2-4H,1H3;2-5H,1H3;2-3H,1H3;2-4H,1H3;2-4H,1H3,(H2,7,8). The first-order chi connectivity index (χ1) is 63.1. The lowest BCUT2D eigenvalue weighted by molar-refractivity contribution is 0.413. The van der Waals surface area contributed by atoms with Crippen LogP contribution in [0.15, 0.2) is 304 Å². The van der Waals surface area contributed by atoms with Gasteiger partial charge in [-0.25, -0.2) is 81.0 Å². The first-order valence-electron chi connectivity index (χ1n) is 40.4. The molecule has 8 aromatic heterocycles. The van der Waals surface area contributed by atoms with Crippen molar-refractivity contribution in [2.75, 3.05) is 12.8 Å². The third-order valence-electron chi connectivity index (χ3n) is 17.4. The van der Waals surface area contributed by atoms with Crippen LogP contribution in [0.1, 0.15) is 84.8 Å². The van der Waals surface area contributed by atoms with E-state index in [1.807, 2.05) is 215 Å². The van der Waals surface area contributed by atoms with E-state index < -0.39 is 21.7 Å². The number of halogens is 10. The van der Waals surface area contributed by atoms with Gasteiger partial charge in [-0.15, -0.1) is 0 Å². The summed E-state index contributed by atoms with van der Waals surface area (Å²) in [5, 5.41) is 31.5. The molecule has 0 saturated heterocycles. The van der Waals surface area contributed by atoms with E-state index in [0.29, 0.717) is 55.0 Å². The highest BCUT2D eigenvalue weighted by molar-refractivity contribution is 9.10. The fourth-order valence-electron chi connectivity index (χ4n) is 10.3. The number of aryl methyl sites for hydroxylation is 14. The molecular formula is C99H103BrCl6F3N17O6S. The molecule has 0 bridgehead atoms. The van der Waals surface area contributed by atoms with E-state index in [4.69, 9.17) is 85.2 Å². The highest BCUT2D eigenvalue weighted by Gasteiger charge is 2.13. The first-order valence-corrected chi connectivity index (χ1v) is 45.0. The molecule has 0 aliphatic rings. The Morgan fingerprint density at radius 1 is 0.421 bits per heavy atom. The van der Waals surface area contributed by atoms with Crippen LogP contribution in [0.3, 0.4) is 0 Å². The highest BCUT2D eigenvalue weighted by atomic mass is 79.9. The number of nitrogen functional groups attached to an aromatic ring is 1. The lowest BCUT2D eigenvalue weighted by atomic mass is 10.1. The SMILES string of the molecule is CCc1ccc(C)cc1.COc1ccc(C)c(S(N)(=O)=O)c1.Cc1cc(Cl)cc(Cl)c1.Cc1cc(Cl)ccc1Cl.Cc1ccc(-c2n[nH]c(=O)[nH]2)cc1.Cc1ccc(-n2cccn2)nc1.Cc1ccc(F)c(F)c1.Cc1ccc(F)cc1.Cc1ccc(N)nc1.Cc1cccc(-c2n[nH]c(=O)[nH]2)c1.Cc1ccccc1-c1n[nH]c(=O)[nH]1.Cc1cccnc1Cl.Cc1cnc(Cl)c(Br)c1. The predicted octanol–water partition coefficient (Wildman–Crippen LogP) is 24.8. The molecule has 17 aromatic rings. The molecule has 0 amide bonds. The minimum Gasteiger partial charge on any atom is -0.497 e. The first kappa shape index (κ1) is 111. The number of nitrogens with two attached hydrogens (primary N) is 2. The van der Waals surface area contributed by atoms with E-state index in [9.17, 15) is 36.0 Å². The van der Waals surface area contributed by atoms with Gasteiger partial charge in [0, 0.05) is 80.0 Å². The van der Waals surface area contributed by atoms with Crippen molar-refractivity contribution < 1.29 is 26.3 Å². The Kier molecular flexibility index (Phi) is 48.3. The molecule has 9 aromatic carbocycles. The average Bonchev–Trinajstić information content (AvgIpc) is 1.26. The fraction of sp³-hybridized carbons (Fsp3) is 0.162. The van der Waals surface area contributed by atoms with Crippen LogP contribution >= 0.6 is 85.5 Å². The van der Waals surface area contributed by atoms with Crippen LogP contribution in [0.2, 0.25) is 30.4 Å².